The first-order chi connectivity index (χ1) is 8.54. The summed E-state index contributed by atoms with van der Waals surface area (Å²) >= 11 is 0. The van der Waals surface area contributed by atoms with E-state index in [2.05, 4.69) is 43.6 Å². The molecule has 0 bridgehead atoms. The van der Waals surface area contributed by atoms with Gasteiger partial charge in [-0.05, 0) is 32.4 Å². The number of anilines is 1. The number of allylic oxidation sites excluding steroid dienone is 1. The van der Waals surface area contributed by atoms with Gasteiger partial charge in [0.2, 0.25) is 0 Å². The summed E-state index contributed by atoms with van der Waals surface area (Å²) < 4.78 is 1.98. The Kier molecular flexibility index (Phi) is 3.24. The second-order valence-electron chi connectivity index (χ2n) is 4.61. The molecule has 1 heterocycles. The lowest BCUT2D eigenvalue weighted by Gasteiger charge is -2.07. The average molecular weight is 241 g/mol. The molecule has 2 rings (SSSR count). The summed E-state index contributed by atoms with van der Waals surface area (Å²) in [4.78, 5) is 4.59. The molecule has 0 saturated carbocycles. The SMILES string of the molecule is C=CCn1c(C)nc(-c2cc(C)ccc2C)c1N. The van der Waals surface area contributed by atoms with Gasteiger partial charge in [-0.2, -0.15) is 0 Å². The third-order valence-electron chi connectivity index (χ3n) is 3.16. The molecule has 1 aromatic heterocycles. The van der Waals surface area contributed by atoms with Crippen LogP contribution in [-0.2, 0) is 6.54 Å². The van der Waals surface area contributed by atoms with Crippen molar-refractivity contribution in [2.45, 2.75) is 27.3 Å². The summed E-state index contributed by atoms with van der Waals surface area (Å²) in [5, 5.41) is 0. The maximum absolute atomic E-state index is 6.19. The first-order valence-electron chi connectivity index (χ1n) is 6.05. The van der Waals surface area contributed by atoms with Crippen LogP contribution in [0.25, 0.3) is 11.3 Å². The number of nitrogen functional groups attached to an aromatic ring is 1. The molecule has 3 heteroatoms. The fraction of sp³-hybridized carbons (Fsp3) is 0.267. The maximum atomic E-state index is 6.19. The van der Waals surface area contributed by atoms with Gasteiger partial charge < -0.3 is 10.3 Å². The highest BCUT2D eigenvalue weighted by Gasteiger charge is 2.14. The Hall–Kier alpha value is -2.03. The van der Waals surface area contributed by atoms with Crippen LogP contribution in [0.4, 0.5) is 5.82 Å². The van der Waals surface area contributed by atoms with Crippen molar-refractivity contribution >= 4 is 5.82 Å². The second kappa shape index (κ2) is 4.69. The lowest BCUT2D eigenvalue weighted by molar-refractivity contribution is 0.792. The number of aryl methyl sites for hydroxylation is 3. The Bertz CT molecular complexity index is 594. The molecular formula is C15H19N3. The van der Waals surface area contributed by atoms with Crippen LogP contribution in [0, 0.1) is 20.8 Å². The summed E-state index contributed by atoms with van der Waals surface area (Å²) in [7, 11) is 0. The van der Waals surface area contributed by atoms with Crippen LogP contribution in [0.15, 0.2) is 30.9 Å². The average Bonchev–Trinajstić information content (AvgIpc) is 2.61. The van der Waals surface area contributed by atoms with Gasteiger partial charge in [-0.15, -0.1) is 6.58 Å². The number of hydrogen-bond donors (Lipinski definition) is 1. The fourth-order valence-electron chi connectivity index (χ4n) is 2.13. The van der Waals surface area contributed by atoms with E-state index in [1.807, 2.05) is 17.6 Å². The molecule has 0 saturated heterocycles. The Balaban J connectivity index is 2.61. The lowest BCUT2D eigenvalue weighted by atomic mass is 10.0. The maximum Gasteiger partial charge on any atom is 0.132 e. The smallest absolute Gasteiger partial charge is 0.132 e. The number of nitrogens with zero attached hydrogens (tertiary/aromatic N) is 2. The molecule has 2 N–H and O–H groups in total. The van der Waals surface area contributed by atoms with Crippen molar-refractivity contribution in [2.24, 2.45) is 0 Å². The van der Waals surface area contributed by atoms with Crippen molar-refractivity contribution < 1.29 is 0 Å². The highest BCUT2D eigenvalue weighted by molar-refractivity contribution is 5.74. The minimum atomic E-state index is 0.690. The predicted molar refractivity (Wildman–Crippen MR) is 76.5 cm³/mol. The van der Waals surface area contributed by atoms with E-state index in [9.17, 15) is 0 Å². The topological polar surface area (TPSA) is 43.8 Å². The van der Waals surface area contributed by atoms with E-state index >= 15 is 0 Å². The van der Waals surface area contributed by atoms with E-state index in [0.29, 0.717) is 12.4 Å². The zero-order chi connectivity index (χ0) is 13.3. The molecule has 0 fully saturated rings. The van der Waals surface area contributed by atoms with Gasteiger partial charge in [-0.3, -0.25) is 0 Å². The molecule has 0 unspecified atom stereocenters. The minimum Gasteiger partial charge on any atom is -0.383 e. The van der Waals surface area contributed by atoms with Crippen LogP contribution in [0.5, 0.6) is 0 Å². The van der Waals surface area contributed by atoms with Gasteiger partial charge in [0.05, 0.1) is 0 Å². The third-order valence-corrected chi connectivity index (χ3v) is 3.16. The van der Waals surface area contributed by atoms with Gasteiger partial charge >= 0.3 is 0 Å². The molecule has 0 spiro atoms. The number of imidazole rings is 1. The zero-order valence-electron chi connectivity index (χ0n) is 11.2. The molecule has 0 aliphatic carbocycles. The largest absolute Gasteiger partial charge is 0.383 e. The molecule has 3 nitrogen and oxygen atoms in total. The van der Waals surface area contributed by atoms with Gasteiger partial charge in [-0.25, -0.2) is 4.98 Å². The first kappa shape index (κ1) is 12.4. The number of rotatable bonds is 3. The highest BCUT2D eigenvalue weighted by atomic mass is 15.1. The van der Waals surface area contributed by atoms with Crippen molar-refractivity contribution in [3.63, 3.8) is 0 Å². The van der Waals surface area contributed by atoms with Gasteiger partial charge in [-0.1, -0.05) is 23.8 Å². The van der Waals surface area contributed by atoms with Crippen LogP contribution in [0.3, 0.4) is 0 Å². The van der Waals surface area contributed by atoms with Crippen molar-refractivity contribution in [1.29, 1.82) is 0 Å². The number of nitrogens with two attached hydrogens (primary N) is 1. The summed E-state index contributed by atoms with van der Waals surface area (Å²) in [6.45, 7) is 10.6. The highest BCUT2D eigenvalue weighted by Crippen LogP contribution is 2.29. The summed E-state index contributed by atoms with van der Waals surface area (Å²) in [6, 6.07) is 6.33. The Labute approximate surface area is 108 Å². The summed E-state index contributed by atoms with van der Waals surface area (Å²) in [5.41, 5.74) is 10.6. The molecule has 2 aromatic rings. The van der Waals surface area contributed by atoms with Crippen LogP contribution in [0.1, 0.15) is 17.0 Å². The monoisotopic (exact) mass is 241 g/mol. The van der Waals surface area contributed by atoms with Crippen LogP contribution >= 0.6 is 0 Å². The zero-order valence-corrected chi connectivity index (χ0v) is 11.2. The van der Waals surface area contributed by atoms with Gasteiger partial charge in [0.15, 0.2) is 0 Å². The van der Waals surface area contributed by atoms with Crippen LogP contribution in [-0.4, -0.2) is 9.55 Å². The molecule has 0 aliphatic rings. The normalized spacial score (nSPS) is 10.6. The number of hydrogen-bond acceptors (Lipinski definition) is 2. The molecule has 0 aliphatic heterocycles. The standard InChI is InChI=1S/C15H19N3/c1-5-8-18-12(4)17-14(15(18)16)13-9-10(2)6-7-11(13)3/h5-7,9H,1,8,16H2,2-4H3. The van der Waals surface area contributed by atoms with E-state index in [1.165, 1.54) is 11.1 Å². The number of aromatic nitrogens is 2. The molecule has 0 amide bonds. The summed E-state index contributed by atoms with van der Waals surface area (Å²) in [5.74, 6) is 1.63. The van der Waals surface area contributed by atoms with Crippen molar-refractivity contribution in [1.82, 2.24) is 9.55 Å². The summed E-state index contributed by atoms with van der Waals surface area (Å²) in [6.07, 6.45) is 1.83. The van der Waals surface area contributed by atoms with Crippen molar-refractivity contribution in [2.75, 3.05) is 5.73 Å². The molecule has 18 heavy (non-hydrogen) atoms. The Morgan fingerprint density at radius 3 is 2.72 bits per heavy atom. The lowest BCUT2D eigenvalue weighted by Crippen LogP contribution is -2.03. The third kappa shape index (κ3) is 2.04. The number of benzene rings is 1. The van der Waals surface area contributed by atoms with Crippen molar-refractivity contribution in [3.8, 4) is 11.3 Å². The molecule has 0 radical (unpaired) electrons. The van der Waals surface area contributed by atoms with E-state index in [4.69, 9.17) is 5.73 Å². The van der Waals surface area contributed by atoms with Crippen molar-refractivity contribution in [3.05, 3.63) is 47.8 Å². The van der Waals surface area contributed by atoms with Crippen LogP contribution in [0.2, 0.25) is 0 Å². The fourth-order valence-corrected chi connectivity index (χ4v) is 2.13. The minimum absolute atomic E-state index is 0.690. The quantitative estimate of drug-likeness (QED) is 0.838. The van der Waals surface area contributed by atoms with E-state index in [-0.39, 0.29) is 0 Å². The Morgan fingerprint density at radius 1 is 1.33 bits per heavy atom. The van der Waals surface area contributed by atoms with Crippen LogP contribution < -0.4 is 5.73 Å². The van der Waals surface area contributed by atoms with Gasteiger partial charge in [0, 0.05) is 12.1 Å². The molecule has 1 aromatic carbocycles. The first-order valence-corrected chi connectivity index (χ1v) is 6.05. The Morgan fingerprint density at radius 2 is 2.06 bits per heavy atom. The molecule has 94 valence electrons. The van der Waals surface area contributed by atoms with Gasteiger partial charge in [0.25, 0.3) is 0 Å². The second-order valence-corrected chi connectivity index (χ2v) is 4.61. The molecular weight excluding hydrogens is 222 g/mol. The van der Waals surface area contributed by atoms with Gasteiger partial charge in [0.1, 0.15) is 17.3 Å². The van der Waals surface area contributed by atoms with E-state index in [1.54, 1.807) is 0 Å². The van der Waals surface area contributed by atoms with E-state index in [0.717, 1.165) is 17.1 Å². The predicted octanol–water partition coefficient (Wildman–Crippen LogP) is 3.24. The van der Waals surface area contributed by atoms with E-state index < -0.39 is 0 Å². The molecule has 0 atom stereocenters.